The van der Waals surface area contributed by atoms with E-state index in [1.165, 1.54) is 0 Å². The molecule has 0 atom stereocenters. The molecule has 222 valence electrons. The maximum absolute atomic E-state index is 14.0. The van der Waals surface area contributed by atoms with Crippen molar-refractivity contribution in [3.05, 3.63) is 95.1 Å². The van der Waals surface area contributed by atoms with E-state index in [4.69, 9.17) is 23.4 Å². The van der Waals surface area contributed by atoms with Gasteiger partial charge in [-0.2, -0.15) is 0 Å². The van der Waals surface area contributed by atoms with Gasteiger partial charge >= 0.3 is 11.6 Å². The number of hydrogen-bond donors (Lipinski definition) is 0. The highest BCUT2D eigenvalue weighted by atomic mass is 28.3. The summed E-state index contributed by atoms with van der Waals surface area (Å²) in [5.74, 6) is 1.78. The average Bonchev–Trinajstić information content (AvgIpc) is 3.36. The zero-order valence-electron chi connectivity index (χ0n) is 25.2. The van der Waals surface area contributed by atoms with E-state index in [9.17, 15) is 9.59 Å². The third-order valence-corrected chi connectivity index (χ3v) is 8.96. The molecule has 2 heterocycles. The maximum Gasteiger partial charge on any atom is 0.361 e. The monoisotopic (exact) mass is 597 g/mol. The molecular weight excluding hydrogens is 562 g/mol. The van der Waals surface area contributed by atoms with E-state index in [2.05, 4.69) is 19.6 Å². The first-order valence-electron chi connectivity index (χ1n) is 14.0. The number of carbonyl (C=O) groups excluding carboxylic acids is 1. The molecule has 0 fully saturated rings. The second kappa shape index (κ2) is 12.2. The SMILES string of the molecule is COc1ccc(-c2cn3c(C(=O)OCC[Si](C)(C)C)c(-c4ccc(OC)cc4)c(-c4ccc(OC)cc4)c3c(=O)o2)cc1. The smallest absolute Gasteiger partial charge is 0.361 e. The molecule has 0 aliphatic rings. The molecule has 0 bridgehead atoms. The molecule has 0 spiro atoms. The van der Waals surface area contributed by atoms with Gasteiger partial charge in [0.1, 0.15) is 28.5 Å². The zero-order chi connectivity index (χ0) is 30.7. The maximum atomic E-state index is 14.0. The van der Waals surface area contributed by atoms with E-state index >= 15 is 0 Å². The van der Waals surface area contributed by atoms with Crippen LogP contribution in [0.5, 0.6) is 17.2 Å². The number of aromatic nitrogens is 1. The molecule has 2 aromatic heterocycles. The summed E-state index contributed by atoms with van der Waals surface area (Å²) in [7, 11) is 3.30. The first-order valence-corrected chi connectivity index (χ1v) is 17.7. The first-order chi connectivity index (χ1) is 20.6. The summed E-state index contributed by atoms with van der Waals surface area (Å²) < 4.78 is 29.5. The van der Waals surface area contributed by atoms with Crippen LogP contribution < -0.4 is 19.8 Å². The highest BCUT2D eigenvalue weighted by Gasteiger charge is 2.30. The number of ether oxygens (including phenoxy) is 4. The number of rotatable bonds is 10. The molecule has 0 aliphatic heterocycles. The van der Waals surface area contributed by atoms with E-state index < -0.39 is 19.7 Å². The molecule has 0 unspecified atom stereocenters. The van der Waals surface area contributed by atoms with Crippen LogP contribution in [0.15, 0.2) is 88.2 Å². The number of fused-ring (bicyclic) bond motifs is 1. The Hall–Kier alpha value is -4.76. The molecule has 43 heavy (non-hydrogen) atoms. The van der Waals surface area contributed by atoms with Gasteiger partial charge in [0.2, 0.25) is 0 Å². The van der Waals surface area contributed by atoms with Crippen molar-refractivity contribution in [2.24, 2.45) is 0 Å². The predicted octanol–water partition coefficient (Wildman–Crippen LogP) is 7.41. The van der Waals surface area contributed by atoms with E-state index in [0.717, 1.165) is 17.2 Å². The Kier molecular flexibility index (Phi) is 8.45. The van der Waals surface area contributed by atoms with Crippen LogP contribution in [0.4, 0.5) is 0 Å². The van der Waals surface area contributed by atoms with Crippen molar-refractivity contribution >= 4 is 19.6 Å². The topological polar surface area (TPSA) is 88.6 Å². The highest BCUT2D eigenvalue weighted by molar-refractivity contribution is 6.76. The van der Waals surface area contributed by atoms with Crippen LogP contribution in [0.3, 0.4) is 0 Å². The molecule has 0 saturated heterocycles. The highest BCUT2D eigenvalue weighted by Crippen LogP contribution is 2.41. The van der Waals surface area contributed by atoms with Gasteiger partial charge in [-0.3, -0.25) is 4.40 Å². The summed E-state index contributed by atoms with van der Waals surface area (Å²) >= 11 is 0. The lowest BCUT2D eigenvalue weighted by Crippen LogP contribution is -2.23. The third kappa shape index (κ3) is 6.22. The van der Waals surface area contributed by atoms with E-state index in [-0.39, 0.29) is 17.8 Å². The molecule has 5 rings (SSSR count). The third-order valence-electron chi connectivity index (χ3n) is 7.26. The minimum atomic E-state index is -1.48. The van der Waals surface area contributed by atoms with Gasteiger partial charge in [-0.15, -0.1) is 0 Å². The Morgan fingerprint density at radius 3 is 1.65 bits per heavy atom. The molecule has 5 aromatic rings. The van der Waals surface area contributed by atoms with Crippen LogP contribution >= 0.6 is 0 Å². The van der Waals surface area contributed by atoms with E-state index in [0.29, 0.717) is 39.7 Å². The fraction of sp³-hybridized carbons (Fsp3) is 0.235. The van der Waals surface area contributed by atoms with E-state index in [1.54, 1.807) is 56.2 Å². The summed E-state index contributed by atoms with van der Waals surface area (Å²) in [4.78, 5) is 27.9. The molecule has 0 N–H and O–H groups in total. The number of benzene rings is 3. The Morgan fingerprint density at radius 1 is 0.721 bits per heavy atom. The lowest BCUT2D eigenvalue weighted by atomic mass is 9.95. The van der Waals surface area contributed by atoms with Crippen molar-refractivity contribution in [2.75, 3.05) is 27.9 Å². The van der Waals surface area contributed by atoms with Gasteiger partial charge in [0.25, 0.3) is 0 Å². The molecule has 9 heteroatoms. The molecular formula is C34H35NO7Si. The van der Waals surface area contributed by atoms with E-state index in [1.807, 2.05) is 48.5 Å². The van der Waals surface area contributed by atoms with Crippen molar-refractivity contribution in [1.82, 2.24) is 4.40 Å². The largest absolute Gasteiger partial charge is 0.497 e. The summed E-state index contributed by atoms with van der Waals surface area (Å²) in [6.07, 6.45) is 1.67. The Morgan fingerprint density at radius 2 is 1.19 bits per heavy atom. The van der Waals surface area contributed by atoms with Crippen molar-refractivity contribution in [3.8, 4) is 50.8 Å². The van der Waals surface area contributed by atoms with Gasteiger partial charge in [0.05, 0.1) is 34.1 Å². The van der Waals surface area contributed by atoms with Gasteiger partial charge in [0.15, 0.2) is 5.76 Å². The fourth-order valence-electron chi connectivity index (χ4n) is 4.90. The Labute approximate surface area is 251 Å². The lowest BCUT2D eigenvalue weighted by molar-refractivity contribution is 0.0518. The number of carbonyl (C=O) groups is 1. The van der Waals surface area contributed by atoms with Gasteiger partial charge in [0, 0.05) is 24.8 Å². The van der Waals surface area contributed by atoms with Crippen LogP contribution in [0.2, 0.25) is 25.7 Å². The average molecular weight is 598 g/mol. The van der Waals surface area contributed by atoms with Crippen LogP contribution in [-0.4, -0.2) is 46.4 Å². The van der Waals surface area contributed by atoms with Crippen LogP contribution in [0.1, 0.15) is 10.5 Å². The fourth-order valence-corrected chi connectivity index (χ4v) is 5.61. The molecule has 0 aliphatic carbocycles. The number of nitrogens with zero attached hydrogens (tertiary/aromatic N) is 1. The summed E-state index contributed by atoms with van der Waals surface area (Å²) in [6, 6.07) is 22.7. The summed E-state index contributed by atoms with van der Waals surface area (Å²) in [5.41, 5.74) is 3.09. The standard InChI is InChI=1S/C34H35NO7Si/c1-38-25-13-7-22(8-14-25)28-21-35-31(33(36)41-19-20-43(4,5)6)29(23-9-15-26(39-2)16-10-23)30(32(35)34(37)42-28)24-11-17-27(40-3)18-12-24/h7-18,21H,19-20H2,1-6H3. The zero-order valence-corrected chi connectivity index (χ0v) is 26.2. The minimum Gasteiger partial charge on any atom is -0.497 e. The number of methoxy groups -OCH3 is 3. The summed E-state index contributed by atoms with van der Waals surface area (Å²) in [5, 5.41) is 0. The van der Waals surface area contributed by atoms with Gasteiger partial charge in [-0.1, -0.05) is 43.9 Å². The van der Waals surface area contributed by atoms with Crippen molar-refractivity contribution in [3.63, 3.8) is 0 Å². The quantitative estimate of drug-likeness (QED) is 0.122. The van der Waals surface area contributed by atoms with Crippen molar-refractivity contribution in [1.29, 1.82) is 0 Å². The van der Waals surface area contributed by atoms with Crippen LogP contribution in [-0.2, 0) is 4.74 Å². The van der Waals surface area contributed by atoms with Crippen molar-refractivity contribution < 1.29 is 28.2 Å². The normalized spacial score (nSPS) is 11.4. The van der Waals surface area contributed by atoms with Crippen LogP contribution in [0, 0.1) is 0 Å². The predicted molar refractivity (Wildman–Crippen MR) is 170 cm³/mol. The second-order valence-electron chi connectivity index (χ2n) is 11.3. The molecule has 3 aromatic carbocycles. The minimum absolute atomic E-state index is 0.227. The molecule has 0 saturated carbocycles. The first kappa shape index (κ1) is 29.7. The Bertz CT molecular complexity index is 1800. The van der Waals surface area contributed by atoms with Gasteiger partial charge in [-0.05, 0) is 65.7 Å². The molecule has 8 nitrogen and oxygen atoms in total. The summed E-state index contributed by atoms with van der Waals surface area (Å²) in [6.45, 7) is 6.97. The van der Waals surface area contributed by atoms with Gasteiger partial charge < -0.3 is 23.4 Å². The second-order valence-corrected chi connectivity index (χ2v) is 17.0. The Balaban J connectivity index is 1.82. The molecule has 0 radical (unpaired) electrons. The number of hydrogen-bond acceptors (Lipinski definition) is 7. The van der Waals surface area contributed by atoms with Crippen LogP contribution in [0.25, 0.3) is 39.1 Å². The molecule has 0 amide bonds. The van der Waals surface area contributed by atoms with Crippen molar-refractivity contribution in [2.45, 2.75) is 25.7 Å². The lowest BCUT2D eigenvalue weighted by Gasteiger charge is -2.16. The van der Waals surface area contributed by atoms with Gasteiger partial charge in [-0.25, -0.2) is 9.59 Å². The number of esters is 1.